The van der Waals surface area contributed by atoms with Gasteiger partial charge in [-0.15, -0.1) is 0 Å². The molecule has 0 aromatic carbocycles. The van der Waals surface area contributed by atoms with E-state index in [0.29, 0.717) is 30.8 Å². The first-order valence-electron chi connectivity index (χ1n) is 10.6. The molecule has 1 aromatic rings. The van der Waals surface area contributed by atoms with Gasteiger partial charge in [-0.2, -0.15) is 10.2 Å². The van der Waals surface area contributed by atoms with Gasteiger partial charge in [0.1, 0.15) is 6.10 Å². The number of hydrogen-bond acceptors (Lipinski definition) is 5. The molecule has 3 atom stereocenters. The molecule has 1 N–H and O–H groups in total. The molecule has 4 aliphatic carbocycles. The van der Waals surface area contributed by atoms with Gasteiger partial charge < -0.3 is 9.64 Å². The summed E-state index contributed by atoms with van der Waals surface area (Å²) in [5, 5.41) is 8.44. The molecule has 5 aliphatic rings. The zero-order valence-corrected chi connectivity index (χ0v) is 18.8. The first-order valence-corrected chi connectivity index (χ1v) is 11.7. The Morgan fingerprint density at radius 1 is 1.21 bits per heavy atom. The summed E-state index contributed by atoms with van der Waals surface area (Å²) in [6.07, 6.45) is 5.55. The Kier molecular flexibility index (Phi) is 4.95. The third kappa shape index (κ3) is 3.41. The molecule has 4 bridgehead atoms. The summed E-state index contributed by atoms with van der Waals surface area (Å²) in [7, 11) is 0. The van der Waals surface area contributed by atoms with Crippen molar-refractivity contribution >= 4 is 34.9 Å². The maximum Gasteiger partial charge on any atom is 0.410 e. The van der Waals surface area contributed by atoms with Crippen molar-refractivity contribution in [1.29, 1.82) is 0 Å². The molecule has 4 saturated carbocycles. The van der Waals surface area contributed by atoms with Crippen LogP contribution in [0.3, 0.4) is 0 Å². The predicted molar refractivity (Wildman–Crippen MR) is 114 cm³/mol. The number of carbonyl (C=O) groups excluding carboxylic acids is 2. The maximum atomic E-state index is 12.9. The highest BCUT2D eigenvalue weighted by molar-refractivity contribution is 14.1. The van der Waals surface area contributed by atoms with Gasteiger partial charge in [-0.05, 0) is 75.3 Å². The van der Waals surface area contributed by atoms with Crippen LogP contribution < -0.4 is 3.53 Å². The summed E-state index contributed by atoms with van der Waals surface area (Å²) in [5.41, 5.74) is 1.62. The lowest BCUT2D eigenvalue weighted by atomic mass is 9.48. The van der Waals surface area contributed by atoms with Gasteiger partial charge in [-0.1, -0.05) is 0 Å². The fraction of sp³-hybridized carbons (Fsp3) is 0.714. The number of likely N-dealkylation sites (tertiary alicyclic amines) is 1. The summed E-state index contributed by atoms with van der Waals surface area (Å²) in [5.74, 6) is 1.64. The lowest BCUT2D eigenvalue weighted by Gasteiger charge is -2.58. The van der Waals surface area contributed by atoms with Crippen molar-refractivity contribution in [1.82, 2.24) is 18.6 Å². The van der Waals surface area contributed by atoms with Crippen molar-refractivity contribution in [2.24, 2.45) is 23.2 Å². The second kappa shape index (κ2) is 7.35. The first-order chi connectivity index (χ1) is 14.0. The van der Waals surface area contributed by atoms with Gasteiger partial charge in [0, 0.05) is 19.0 Å². The zero-order chi connectivity index (χ0) is 20.2. The van der Waals surface area contributed by atoms with Crippen LogP contribution in [0.1, 0.15) is 55.8 Å². The van der Waals surface area contributed by atoms with E-state index in [4.69, 9.17) is 4.74 Å². The van der Waals surface area contributed by atoms with Crippen LogP contribution in [0, 0.1) is 30.1 Å². The number of ether oxygens (including phenoxy) is 1. The summed E-state index contributed by atoms with van der Waals surface area (Å²) in [6, 6.07) is 3.98. The molecule has 0 radical (unpaired) electrons. The number of amides is 2. The Bertz CT molecular complexity index is 801. The SMILES string of the molecule is Cc1ccc(C2CCN(C(=O)OC3C4CC5CC3CC(C(=O)NI)(C5)C4)C2)nn1. The van der Waals surface area contributed by atoms with E-state index in [-0.39, 0.29) is 29.4 Å². The number of nitrogens with zero attached hydrogens (tertiary/aromatic N) is 3. The first kappa shape index (κ1) is 19.5. The molecule has 0 spiro atoms. The van der Waals surface area contributed by atoms with E-state index in [2.05, 4.69) is 13.7 Å². The summed E-state index contributed by atoms with van der Waals surface area (Å²) in [4.78, 5) is 27.3. The van der Waals surface area contributed by atoms with Crippen molar-refractivity contribution in [2.45, 2.75) is 57.5 Å². The van der Waals surface area contributed by atoms with E-state index in [1.807, 2.05) is 46.8 Å². The molecule has 2 heterocycles. The van der Waals surface area contributed by atoms with Gasteiger partial charge >= 0.3 is 6.09 Å². The van der Waals surface area contributed by atoms with Crippen molar-refractivity contribution in [2.75, 3.05) is 13.1 Å². The Balaban J connectivity index is 1.23. The van der Waals surface area contributed by atoms with Crippen LogP contribution in [0.25, 0.3) is 0 Å². The Morgan fingerprint density at radius 3 is 2.62 bits per heavy atom. The minimum Gasteiger partial charge on any atom is -0.446 e. The molecule has 1 aliphatic heterocycles. The quantitative estimate of drug-likeness (QED) is 0.498. The van der Waals surface area contributed by atoms with E-state index in [0.717, 1.165) is 49.9 Å². The predicted octanol–water partition coefficient (Wildman–Crippen LogP) is 3.37. The van der Waals surface area contributed by atoms with Crippen LogP contribution in [-0.2, 0) is 9.53 Å². The summed E-state index contributed by atoms with van der Waals surface area (Å²) in [6.45, 7) is 3.27. The molecule has 2 amide bonds. The fourth-order valence-electron chi connectivity index (χ4n) is 6.53. The van der Waals surface area contributed by atoms with E-state index in [9.17, 15) is 9.59 Å². The lowest BCUT2D eigenvalue weighted by Crippen LogP contribution is -2.59. The number of hydrogen-bond donors (Lipinski definition) is 1. The third-order valence-electron chi connectivity index (χ3n) is 7.67. The monoisotopic (exact) mass is 510 g/mol. The molecule has 8 heteroatoms. The minimum atomic E-state index is -0.233. The molecule has 6 rings (SSSR count). The fourth-order valence-corrected chi connectivity index (χ4v) is 7.11. The van der Waals surface area contributed by atoms with Crippen molar-refractivity contribution in [3.63, 3.8) is 0 Å². The second-order valence-corrected chi connectivity index (χ2v) is 10.1. The average Bonchev–Trinajstić information content (AvgIpc) is 3.20. The van der Waals surface area contributed by atoms with Gasteiger partial charge in [0.2, 0.25) is 5.91 Å². The highest BCUT2D eigenvalue weighted by Gasteiger charge is 2.59. The van der Waals surface area contributed by atoms with Crippen LogP contribution in [0.15, 0.2) is 12.1 Å². The molecule has 5 fully saturated rings. The maximum absolute atomic E-state index is 12.9. The molecule has 1 aromatic heterocycles. The van der Waals surface area contributed by atoms with Gasteiger partial charge in [0.05, 0.1) is 39.7 Å². The normalized spacial score (nSPS) is 37.6. The molecule has 7 nitrogen and oxygen atoms in total. The smallest absolute Gasteiger partial charge is 0.410 e. The van der Waals surface area contributed by atoms with Crippen molar-refractivity contribution in [3.05, 3.63) is 23.5 Å². The number of rotatable bonds is 3. The van der Waals surface area contributed by atoms with Crippen molar-refractivity contribution < 1.29 is 14.3 Å². The molecular weight excluding hydrogens is 483 g/mol. The van der Waals surface area contributed by atoms with Crippen LogP contribution in [0.2, 0.25) is 0 Å². The lowest BCUT2D eigenvalue weighted by molar-refractivity contribution is -0.162. The topological polar surface area (TPSA) is 84.4 Å². The summed E-state index contributed by atoms with van der Waals surface area (Å²) < 4.78 is 8.94. The van der Waals surface area contributed by atoms with Crippen LogP contribution >= 0.6 is 22.9 Å². The third-order valence-corrected chi connectivity index (χ3v) is 8.16. The Hall–Kier alpha value is -1.45. The number of aromatic nitrogens is 2. The van der Waals surface area contributed by atoms with Gasteiger partial charge in [0.15, 0.2) is 0 Å². The van der Waals surface area contributed by atoms with Crippen molar-refractivity contribution in [3.8, 4) is 0 Å². The van der Waals surface area contributed by atoms with E-state index in [1.54, 1.807) is 0 Å². The number of nitrogens with one attached hydrogen (secondary N) is 1. The Labute approximate surface area is 184 Å². The molecule has 1 saturated heterocycles. The van der Waals surface area contributed by atoms with Crippen LogP contribution in [-0.4, -0.2) is 46.3 Å². The van der Waals surface area contributed by atoms with E-state index < -0.39 is 0 Å². The summed E-state index contributed by atoms with van der Waals surface area (Å²) >= 11 is 1.96. The number of aryl methyl sites for hydroxylation is 1. The number of halogens is 1. The molecular formula is C21H27IN4O3. The average molecular weight is 510 g/mol. The second-order valence-electron chi connectivity index (χ2n) is 9.55. The molecule has 29 heavy (non-hydrogen) atoms. The highest BCUT2D eigenvalue weighted by Crippen LogP contribution is 2.61. The highest BCUT2D eigenvalue weighted by atomic mass is 127. The van der Waals surface area contributed by atoms with E-state index >= 15 is 0 Å². The minimum absolute atomic E-state index is 0.0348. The van der Waals surface area contributed by atoms with Crippen LogP contribution in [0.4, 0.5) is 4.79 Å². The largest absolute Gasteiger partial charge is 0.446 e. The Morgan fingerprint density at radius 2 is 1.97 bits per heavy atom. The molecule has 3 unspecified atom stereocenters. The number of carbonyl (C=O) groups is 2. The van der Waals surface area contributed by atoms with Gasteiger partial charge in [-0.3, -0.25) is 8.32 Å². The van der Waals surface area contributed by atoms with Crippen LogP contribution in [0.5, 0.6) is 0 Å². The van der Waals surface area contributed by atoms with E-state index in [1.165, 1.54) is 0 Å². The standard InChI is InChI=1S/C21H27IN4O3/c1-12-2-3-17(25-24-12)14-4-5-26(11-14)20(28)29-18-15-6-13-7-16(18)10-21(8-13,9-15)19(27)23-22/h2-3,13-16,18H,4-11H2,1H3,(H,23,27). The molecule has 156 valence electrons. The van der Waals surface area contributed by atoms with Gasteiger partial charge in [-0.25, -0.2) is 4.79 Å². The zero-order valence-electron chi connectivity index (χ0n) is 16.6. The van der Waals surface area contributed by atoms with Gasteiger partial charge in [0.25, 0.3) is 0 Å².